The molecule has 0 saturated carbocycles. The number of aryl methyl sites for hydroxylation is 1. The van der Waals surface area contributed by atoms with Crippen LogP contribution in [0.5, 0.6) is 0 Å². The second-order valence-electron chi connectivity index (χ2n) is 14.9. The number of aromatic nitrogens is 3. The van der Waals surface area contributed by atoms with Gasteiger partial charge < -0.3 is 0 Å². The Morgan fingerprint density at radius 2 is 1.08 bits per heavy atom. The Morgan fingerprint density at radius 3 is 1.55 bits per heavy atom. The van der Waals surface area contributed by atoms with E-state index in [4.69, 9.17) is 15.0 Å². The Balaban J connectivity index is 1.50. The summed E-state index contributed by atoms with van der Waals surface area (Å²) in [5.41, 5.74) is 9.46. The number of hydrogen-bond donors (Lipinski definition) is 0. The van der Waals surface area contributed by atoms with E-state index in [9.17, 15) is 0 Å². The Labute approximate surface area is 318 Å². The fourth-order valence-electron chi connectivity index (χ4n) is 6.71. The molecule has 7 heteroatoms. The highest BCUT2D eigenvalue weighted by Crippen LogP contribution is 2.57. The molecule has 1 heterocycles. The van der Waals surface area contributed by atoms with Gasteiger partial charge in [0.1, 0.15) is 0 Å². The molecule has 3 nitrogen and oxygen atoms in total. The second kappa shape index (κ2) is 14.7. The molecule has 5 aromatic rings. The molecule has 6 rings (SSSR count). The van der Waals surface area contributed by atoms with Gasteiger partial charge in [-0.25, -0.2) is 9.97 Å². The van der Waals surface area contributed by atoms with Crippen LogP contribution in [-0.4, -0.2) is 24.4 Å². The lowest BCUT2D eigenvalue weighted by Crippen LogP contribution is -2.28. The standard InChI is InChI=1S/C42H45Br2N3S2/c1-8-9-10-11-12-27-13-17-29(18-14-27)42(35-25-31(43)21-23-33(35)34-24-22-32(44)26-36(34)42)30-19-15-28(16-20-30)37-45-38(48-40(2,3)4)47-39(46-37)49-41(5,6)7/h13-26H,8-12H2,1-7H3. The Morgan fingerprint density at radius 1 is 0.592 bits per heavy atom. The number of thioether (sulfide) groups is 2. The summed E-state index contributed by atoms with van der Waals surface area (Å²) in [6.07, 6.45) is 6.18. The second-order valence-corrected chi connectivity index (χ2v) is 20.3. The van der Waals surface area contributed by atoms with Gasteiger partial charge in [-0.15, -0.1) is 0 Å². The van der Waals surface area contributed by atoms with E-state index < -0.39 is 5.41 Å². The predicted octanol–water partition coefficient (Wildman–Crippen LogP) is 13.3. The number of fused-ring (bicyclic) bond motifs is 3. The summed E-state index contributed by atoms with van der Waals surface area (Å²) >= 11 is 11.0. The number of unbranched alkanes of at least 4 members (excludes halogenated alkanes) is 3. The van der Waals surface area contributed by atoms with E-state index in [2.05, 4.69) is 165 Å². The first kappa shape index (κ1) is 36.3. The first-order valence-corrected chi connectivity index (χ1v) is 20.4. The van der Waals surface area contributed by atoms with E-state index in [0.29, 0.717) is 5.82 Å². The van der Waals surface area contributed by atoms with Gasteiger partial charge in [-0.3, -0.25) is 0 Å². The van der Waals surface area contributed by atoms with E-state index in [1.165, 1.54) is 64.6 Å². The fourth-order valence-corrected chi connectivity index (χ4v) is 9.11. The predicted molar refractivity (Wildman–Crippen MR) is 217 cm³/mol. The highest BCUT2D eigenvalue weighted by Gasteiger charge is 2.46. The minimum absolute atomic E-state index is 0.0185. The van der Waals surface area contributed by atoms with Gasteiger partial charge in [0.25, 0.3) is 0 Å². The van der Waals surface area contributed by atoms with Crippen LogP contribution in [0.4, 0.5) is 0 Å². The zero-order valence-electron chi connectivity index (χ0n) is 29.5. The number of rotatable bonds is 10. The maximum atomic E-state index is 4.98. The summed E-state index contributed by atoms with van der Waals surface area (Å²) in [6, 6.07) is 31.8. The zero-order chi connectivity index (χ0) is 35.0. The van der Waals surface area contributed by atoms with E-state index in [1.54, 1.807) is 23.5 Å². The molecule has 1 aliphatic carbocycles. The quantitative estimate of drug-likeness (QED) is 0.102. The molecule has 0 fully saturated rings. The molecule has 0 aliphatic heterocycles. The summed E-state index contributed by atoms with van der Waals surface area (Å²) in [4.78, 5) is 14.8. The topological polar surface area (TPSA) is 38.7 Å². The van der Waals surface area contributed by atoms with Crippen molar-refractivity contribution in [3.8, 4) is 22.5 Å². The molecule has 1 aromatic heterocycles. The lowest BCUT2D eigenvalue weighted by atomic mass is 9.67. The minimum Gasteiger partial charge on any atom is -0.202 e. The van der Waals surface area contributed by atoms with Crippen molar-refractivity contribution in [3.63, 3.8) is 0 Å². The molecule has 254 valence electrons. The van der Waals surface area contributed by atoms with Crippen molar-refractivity contribution in [3.05, 3.63) is 122 Å². The van der Waals surface area contributed by atoms with Crippen LogP contribution in [0.15, 0.2) is 104 Å². The van der Waals surface area contributed by atoms with Crippen LogP contribution in [-0.2, 0) is 11.8 Å². The van der Waals surface area contributed by atoms with Gasteiger partial charge in [0, 0.05) is 24.0 Å². The Bertz CT molecular complexity index is 1860. The van der Waals surface area contributed by atoms with Crippen molar-refractivity contribution in [2.45, 2.75) is 106 Å². The molecule has 0 N–H and O–H groups in total. The molecule has 49 heavy (non-hydrogen) atoms. The number of hydrogen-bond acceptors (Lipinski definition) is 5. The molecule has 0 atom stereocenters. The third-order valence-electron chi connectivity index (χ3n) is 8.73. The SMILES string of the molecule is CCCCCCc1ccc(C2(c3ccc(-c4nc(SC(C)(C)C)nc(SC(C)(C)C)n4)cc3)c3cc(Br)ccc3-c3ccc(Br)cc32)cc1. The van der Waals surface area contributed by atoms with Crippen LogP contribution in [0, 0.1) is 0 Å². The highest BCUT2D eigenvalue weighted by molar-refractivity contribution is 9.10. The van der Waals surface area contributed by atoms with Crippen LogP contribution in [0.2, 0.25) is 0 Å². The number of nitrogens with zero attached hydrogens (tertiary/aromatic N) is 3. The van der Waals surface area contributed by atoms with Crippen molar-refractivity contribution in [2.75, 3.05) is 0 Å². The molecule has 1 aliphatic rings. The van der Waals surface area contributed by atoms with E-state index in [-0.39, 0.29) is 9.49 Å². The lowest BCUT2D eigenvalue weighted by Gasteiger charge is -2.34. The van der Waals surface area contributed by atoms with Crippen molar-refractivity contribution in [1.82, 2.24) is 15.0 Å². The lowest BCUT2D eigenvalue weighted by molar-refractivity contribution is 0.666. The molecule has 0 unspecified atom stereocenters. The Kier molecular flexibility index (Phi) is 10.9. The van der Waals surface area contributed by atoms with E-state index >= 15 is 0 Å². The van der Waals surface area contributed by atoms with Gasteiger partial charge >= 0.3 is 0 Å². The third-order valence-corrected chi connectivity index (χ3v) is 11.7. The average Bonchev–Trinajstić information content (AvgIpc) is 3.31. The smallest absolute Gasteiger partial charge is 0.192 e. The molecule has 0 bridgehead atoms. The maximum Gasteiger partial charge on any atom is 0.192 e. The Hall–Kier alpha value is -2.45. The number of halogens is 2. The van der Waals surface area contributed by atoms with Gasteiger partial charge in [-0.2, -0.15) is 4.98 Å². The summed E-state index contributed by atoms with van der Waals surface area (Å²) < 4.78 is 2.11. The summed E-state index contributed by atoms with van der Waals surface area (Å²) in [5.74, 6) is 0.708. The van der Waals surface area contributed by atoms with Gasteiger partial charge in [0.15, 0.2) is 16.1 Å². The van der Waals surface area contributed by atoms with Crippen LogP contribution in [0.1, 0.15) is 102 Å². The van der Waals surface area contributed by atoms with Crippen molar-refractivity contribution in [1.29, 1.82) is 0 Å². The summed E-state index contributed by atoms with van der Waals surface area (Å²) in [5, 5.41) is 1.51. The van der Waals surface area contributed by atoms with E-state index in [1.807, 2.05) is 0 Å². The minimum atomic E-state index is -0.503. The fraction of sp³-hybridized carbons (Fsp3) is 0.357. The van der Waals surface area contributed by atoms with Gasteiger partial charge in [-0.1, -0.05) is 184 Å². The monoisotopic (exact) mass is 813 g/mol. The molecule has 4 aromatic carbocycles. The average molecular weight is 816 g/mol. The van der Waals surface area contributed by atoms with Gasteiger partial charge in [0.05, 0.1) is 5.41 Å². The summed E-state index contributed by atoms with van der Waals surface area (Å²) in [7, 11) is 0. The van der Waals surface area contributed by atoms with Crippen molar-refractivity contribution < 1.29 is 0 Å². The highest BCUT2D eigenvalue weighted by atomic mass is 79.9. The molecule has 0 spiro atoms. The van der Waals surface area contributed by atoms with Crippen molar-refractivity contribution in [2.24, 2.45) is 0 Å². The summed E-state index contributed by atoms with van der Waals surface area (Å²) in [6.45, 7) is 15.4. The van der Waals surface area contributed by atoms with Gasteiger partial charge in [-0.05, 0) is 76.1 Å². The molecule has 0 saturated heterocycles. The molecular weight excluding hydrogens is 770 g/mol. The number of benzene rings is 4. The normalized spacial score (nSPS) is 13.7. The van der Waals surface area contributed by atoms with Crippen LogP contribution in [0.25, 0.3) is 22.5 Å². The zero-order valence-corrected chi connectivity index (χ0v) is 34.3. The first-order valence-electron chi connectivity index (χ1n) is 17.2. The third kappa shape index (κ3) is 8.06. The van der Waals surface area contributed by atoms with Crippen molar-refractivity contribution >= 4 is 55.4 Å². The maximum absolute atomic E-state index is 4.98. The largest absolute Gasteiger partial charge is 0.202 e. The van der Waals surface area contributed by atoms with E-state index in [0.717, 1.165) is 31.2 Å². The van der Waals surface area contributed by atoms with Crippen LogP contribution >= 0.6 is 55.4 Å². The molecule has 0 amide bonds. The van der Waals surface area contributed by atoms with Gasteiger partial charge in [0.2, 0.25) is 0 Å². The first-order chi connectivity index (χ1) is 23.3. The molecular formula is C42H45Br2N3S2. The molecule has 0 radical (unpaired) electrons. The van der Waals surface area contributed by atoms with Crippen LogP contribution in [0.3, 0.4) is 0 Å². The van der Waals surface area contributed by atoms with Crippen LogP contribution < -0.4 is 0 Å².